The first-order chi connectivity index (χ1) is 11.5. The van der Waals surface area contributed by atoms with Crippen LogP contribution in [-0.2, 0) is 10.0 Å². The smallest absolute Gasteiger partial charge is 0.261 e. The van der Waals surface area contributed by atoms with E-state index in [1.807, 2.05) is 43.8 Å². The highest BCUT2D eigenvalue weighted by Crippen LogP contribution is 2.26. The first kappa shape index (κ1) is 17.2. The van der Waals surface area contributed by atoms with Gasteiger partial charge in [-0.15, -0.1) is 0 Å². The molecule has 1 saturated heterocycles. The lowest BCUT2D eigenvalue weighted by Gasteiger charge is -2.29. The van der Waals surface area contributed by atoms with Gasteiger partial charge in [0.1, 0.15) is 0 Å². The number of nitrogens with zero attached hydrogens (tertiary/aromatic N) is 1. The fourth-order valence-corrected chi connectivity index (χ4v) is 4.91. The van der Waals surface area contributed by atoms with Gasteiger partial charge in [0, 0.05) is 30.3 Å². The van der Waals surface area contributed by atoms with Crippen LogP contribution in [0, 0.1) is 13.8 Å². The first-order valence-corrected chi connectivity index (χ1v) is 10.6. The van der Waals surface area contributed by atoms with Gasteiger partial charge in [0.05, 0.1) is 10.6 Å². The number of anilines is 2. The normalized spacial score (nSPS) is 15.3. The second-order valence-electron chi connectivity index (χ2n) is 6.02. The summed E-state index contributed by atoms with van der Waals surface area (Å²) in [5, 5.41) is 0. The average Bonchev–Trinajstić information content (AvgIpc) is 2.57. The fourth-order valence-electron chi connectivity index (χ4n) is 2.77. The van der Waals surface area contributed by atoms with Gasteiger partial charge in [-0.25, -0.2) is 8.42 Å². The zero-order chi connectivity index (χ0) is 17.2. The number of hydrogen-bond acceptors (Lipinski definition) is 4. The summed E-state index contributed by atoms with van der Waals surface area (Å²) in [6, 6.07) is 12.9. The topological polar surface area (TPSA) is 49.4 Å². The molecule has 0 radical (unpaired) electrons. The Kier molecular flexibility index (Phi) is 5.06. The summed E-state index contributed by atoms with van der Waals surface area (Å²) in [5.74, 6) is 2.28. The summed E-state index contributed by atoms with van der Waals surface area (Å²) in [6.07, 6.45) is 0. The molecule has 6 heteroatoms. The van der Waals surface area contributed by atoms with Gasteiger partial charge < -0.3 is 4.90 Å². The van der Waals surface area contributed by atoms with Crippen molar-refractivity contribution in [1.82, 2.24) is 0 Å². The molecule has 1 aliphatic heterocycles. The first-order valence-electron chi connectivity index (χ1n) is 7.98. The van der Waals surface area contributed by atoms with E-state index in [9.17, 15) is 8.42 Å². The quantitative estimate of drug-likeness (QED) is 0.902. The zero-order valence-electron chi connectivity index (χ0n) is 14.0. The molecule has 4 nitrogen and oxygen atoms in total. The van der Waals surface area contributed by atoms with Gasteiger partial charge in [-0.2, -0.15) is 11.8 Å². The minimum Gasteiger partial charge on any atom is -0.370 e. The van der Waals surface area contributed by atoms with Crippen molar-refractivity contribution in [2.45, 2.75) is 18.7 Å². The third kappa shape index (κ3) is 3.87. The molecule has 0 aliphatic carbocycles. The molecule has 128 valence electrons. The molecule has 0 saturated carbocycles. The van der Waals surface area contributed by atoms with E-state index < -0.39 is 10.0 Å². The standard InChI is InChI=1S/C18H22N2O2S2/c1-14-4-3-5-17(12-14)24(21,22)19-18-7-6-16(13-15(18)2)20-8-10-23-11-9-20/h3-7,12-13,19H,8-11H2,1-2H3. The Bertz CT molecular complexity index is 829. The number of benzene rings is 2. The molecular formula is C18H22N2O2S2. The fraction of sp³-hybridized carbons (Fsp3) is 0.333. The van der Waals surface area contributed by atoms with Crippen molar-refractivity contribution in [3.8, 4) is 0 Å². The number of nitrogens with one attached hydrogen (secondary N) is 1. The highest BCUT2D eigenvalue weighted by Gasteiger charge is 2.17. The van der Waals surface area contributed by atoms with Gasteiger partial charge in [-0.1, -0.05) is 12.1 Å². The van der Waals surface area contributed by atoms with Gasteiger partial charge in [0.2, 0.25) is 0 Å². The monoisotopic (exact) mass is 362 g/mol. The largest absolute Gasteiger partial charge is 0.370 e. The molecular weight excluding hydrogens is 340 g/mol. The van der Waals surface area contributed by atoms with E-state index in [1.165, 1.54) is 0 Å². The SMILES string of the molecule is Cc1cccc(S(=O)(=O)Nc2ccc(N3CCSCC3)cc2C)c1. The maximum atomic E-state index is 12.6. The van der Waals surface area contributed by atoms with Gasteiger partial charge >= 0.3 is 0 Å². The highest BCUT2D eigenvalue weighted by molar-refractivity contribution is 7.99. The Morgan fingerprint density at radius 3 is 2.46 bits per heavy atom. The van der Waals surface area contributed by atoms with E-state index in [0.29, 0.717) is 10.6 Å². The summed E-state index contributed by atoms with van der Waals surface area (Å²) in [6.45, 7) is 5.91. The summed E-state index contributed by atoms with van der Waals surface area (Å²) < 4.78 is 27.8. The van der Waals surface area contributed by atoms with E-state index in [4.69, 9.17) is 0 Å². The highest BCUT2D eigenvalue weighted by atomic mass is 32.2. The Labute approximate surface area is 148 Å². The number of thioether (sulfide) groups is 1. The molecule has 1 aliphatic rings. The maximum Gasteiger partial charge on any atom is 0.261 e. The Hall–Kier alpha value is -1.66. The van der Waals surface area contributed by atoms with E-state index in [1.54, 1.807) is 18.2 Å². The molecule has 2 aromatic carbocycles. The lowest BCUT2D eigenvalue weighted by molar-refractivity contribution is 0.601. The number of aryl methyl sites for hydroxylation is 2. The van der Waals surface area contributed by atoms with Crippen molar-refractivity contribution >= 4 is 33.2 Å². The predicted octanol–water partition coefficient (Wildman–Crippen LogP) is 3.66. The molecule has 1 N–H and O–H groups in total. The molecule has 0 bridgehead atoms. The van der Waals surface area contributed by atoms with Gasteiger partial charge in [0.15, 0.2) is 0 Å². The van der Waals surface area contributed by atoms with Crippen molar-refractivity contribution in [3.63, 3.8) is 0 Å². The molecule has 2 aromatic rings. The van der Waals surface area contributed by atoms with Crippen LogP contribution < -0.4 is 9.62 Å². The summed E-state index contributed by atoms with van der Waals surface area (Å²) in [4.78, 5) is 2.64. The minimum atomic E-state index is -3.56. The molecule has 0 spiro atoms. The second-order valence-corrected chi connectivity index (χ2v) is 8.93. The third-order valence-electron chi connectivity index (χ3n) is 4.13. The molecule has 0 aromatic heterocycles. The van der Waals surface area contributed by atoms with E-state index >= 15 is 0 Å². The van der Waals surface area contributed by atoms with Crippen molar-refractivity contribution in [3.05, 3.63) is 53.6 Å². The number of rotatable bonds is 4. The summed E-state index contributed by atoms with van der Waals surface area (Å²) in [5.41, 5.74) is 3.65. The van der Waals surface area contributed by atoms with Crippen molar-refractivity contribution in [2.24, 2.45) is 0 Å². The molecule has 0 amide bonds. The average molecular weight is 363 g/mol. The number of sulfonamides is 1. The second kappa shape index (κ2) is 7.07. The zero-order valence-corrected chi connectivity index (χ0v) is 15.6. The predicted molar refractivity (Wildman–Crippen MR) is 103 cm³/mol. The van der Waals surface area contributed by atoms with E-state index in [-0.39, 0.29) is 0 Å². The van der Waals surface area contributed by atoms with Gasteiger partial charge in [-0.05, 0) is 55.3 Å². The Morgan fingerprint density at radius 2 is 1.79 bits per heavy atom. The lowest BCUT2D eigenvalue weighted by Crippen LogP contribution is -2.32. The van der Waals surface area contributed by atoms with Crippen LogP contribution in [-0.4, -0.2) is 33.0 Å². The Balaban J connectivity index is 1.82. The van der Waals surface area contributed by atoms with Crippen LogP contribution in [0.4, 0.5) is 11.4 Å². The maximum absolute atomic E-state index is 12.6. The van der Waals surface area contributed by atoms with Crippen molar-refractivity contribution in [2.75, 3.05) is 34.2 Å². The van der Waals surface area contributed by atoms with Gasteiger partial charge in [-0.3, -0.25) is 4.72 Å². The van der Waals surface area contributed by atoms with Crippen LogP contribution in [0.15, 0.2) is 47.4 Å². The lowest BCUT2D eigenvalue weighted by atomic mass is 10.1. The molecule has 1 fully saturated rings. The molecule has 24 heavy (non-hydrogen) atoms. The molecule has 1 heterocycles. The minimum absolute atomic E-state index is 0.291. The summed E-state index contributed by atoms with van der Waals surface area (Å²) in [7, 11) is -3.56. The van der Waals surface area contributed by atoms with Crippen LogP contribution in [0.3, 0.4) is 0 Å². The molecule has 0 unspecified atom stereocenters. The third-order valence-corrected chi connectivity index (χ3v) is 6.44. The Morgan fingerprint density at radius 1 is 1.04 bits per heavy atom. The molecule has 3 rings (SSSR count). The van der Waals surface area contributed by atoms with Crippen LogP contribution in [0.5, 0.6) is 0 Å². The van der Waals surface area contributed by atoms with Crippen LogP contribution in [0.25, 0.3) is 0 Å². The van der Waals surface area contributed by atoms with Crippen LogP contribution >= 0.6 is 11.8 Å². The van der Waals surface area contributed by atoms with Crippen LogP contribution in [0.1, 0.15) is 11.1 Å². The molecule has 0 atom stereocenters. The van der Waals surface area contributed by atoms with Crippen LogP contribution in [0.2, 0.25) is 0 Å². The van der Waals surface area contributed by atoms with E-state index in [2.05, 4.69) is 15.7 Å². The number of hydrogen-bond donors (Lipinski definition) is 1. The van der Waals surface area contributed by atoms with Gasteiger partial charge in [0.25, 0.3) is 10.0 Å². The van der Waals surface area contributed by atoms with Crippen molar-refractivity contribution in [1.29, 1.82) is 0 Å². The summed E-state index contributed by atoms with van der Waals surface area (Å²) >= 11 is 1.97. The van der Waals surface area contributed by atoms with E-state index in [0.717, 1.165) is 41.4 Å². The van der Waals surface area contributed by atoms with Crippen molar-refractivity contribution < 1.29 is 8.42 Å².